The Hall–Kier alpha value is -2.09. The standard InChI is InChI=1S/C19H31N5O3/c1-14(2)17-20-6-9-24(17)15(3)18(25)21-16-4-7-22(8-5-16)19(26)23-10-12-27-13-11-23/h6,9,14-16H,4-5,7-8,10-13H2,1-3H3,(H,21,25). The van der Waals surface area contributed by atoms with Crippen molar-refractivity contribution in [1.82, 2.24) is 24.7 Å². The van der Waals surface area contributed by atoms with E-state index in [4.69, 9.17) is 4.74 Å². The summed E-state index contributed by atoms with van der Waals surface area (Å²) in [4.78, 5) is 33.3. The van der Waals surface area contributed by atoms with E-state index in [-0.39, 0.29) is 29.9 Å². The lowest BCUT2D eigenvalue weighted by Crippen LogP contribution is -2.53. The van der Waals surface area contributed by atoms with Crippen molar-refractivity contribution in [1.29, 1.82) is 0 Å². The van der Waals surface area contributed by atoms with Gasteiger partial charge in [-0.05, 0) is 19.8 Å². The Morgan fingerprint density at radius 1 is 1.11 bits per heavy atom. The number of carbonyl (C=O) groups excluding carboxylic acids is 2. The predicted molar refractivity (Wildman–Crippen MR) is 102 cm³/mol. The van der Waals surface area contributed by atoms with Gasteiger partial charge in [0.1, 0.15) is 11.9 Å². The molecule has 8 nitrogen and oxygen atoms in total. The molecule has 0 radical (unpaired) electrons. The first-order valence-corrected chi connectivity index (χ1v) is 9.92. The maximum Gasteiger partial charge on any atom is 0.320 e. The van der Waals surface area contributed by atoms with Crippen molar-refractivity contribution >= 4 is 11.9 Å². The molecule has 3 rings (SSSR count). The molecule has 3 heterocycles. The normalized spacial score (nSPS) is 20.0. The van der Waals surface area contributed by atoms with E-state index in [0.717, 1.165) is 18.7 Å². The average molecular weight is 377 g/mol. The van der Waals surface area contributed by atoms with Crippen LogP contribution in [0.1, 0.15) is 51.4 Å². The topological polar surface area (TPSA) is 79.7 Å². The fraction of sp³-hybridized carbons (Fsp3) is 0.737. The molecule has 2 aliphatic rings. The third kappa shape index (κ3) is 4.61. The first-order valence-electron chi connectivity index (χ1n) is 9.92. The molecule has 0 aliphatic carbocycles. The molecule has 150 valence electrons. The number of rotatable bonds is 4. The third-order valence-electron chi connectivity index (χ3n) is 5.41. The lowest BCUT2D eigenvalue weighted by atomic mass is 10.0. The summed E-state index contributed by atoms with van der Waals surface area (Å²) in [5.41, 5.74) is 0. The number of ether oxygens (including phenoxy) is 1. The third-order valence-corrected chi connectivity index (χ3v) is 5.41. The van der Waals surface area contributed by atoms with Crippen molar-refractivity contribution in [2.75, 3.05) is 39.4 Å². The van der Waals surface area contributed by atoms with Crippen LogP contribution in [0.25, 0.3) is 0 Å². The van der Waals surface area contributed by atoms with Gasteiger partial charge in [0.2, 0.25) is 5.91 Å². The number of nitrogens with one attached hydrogen (secondary N) is 1. The summed E-state index contributed by atoms with van der Waals surface area (Å²) < 4.78 is 7.25. The van der Waals surface area contributed by atoms with E-state index >= 15 is 0 Å². The van der Waals surface area contributed by atoms with Gasteiger partial charge in [0, 0.05) is 50.5 Å². The van der Waals surface area contributed by atoms with Gasteiger partial charge in [-0.25, -0.2) is 9.78 Å². The number of likely N-dealkylation sites (tertiary alicyclic amines) is 1. The summed E-state index contributed by atoms with van der Waals surface area (Å²) in [6.07, 6.45) is 5.18. The van der Waals surface area contributed by atoms with Gasteiger partial charge in [-0.1, -0.05) is 13.8 Å². The molecule has 0 aromatic carbocycles. The summed E-state index contributed by atoms with van der Waals surface area (Å²) in [6, 6.07) is -0.0888. The number of urea groups is 1. The maximum absolute atomic E-state index is 12.7. The van der Waals surface area contributed by atoms with Gasteiger partial charge >= 0.3 is 6.03 Å². The van der Waals surface area contributed by atoms with E-state index in [2.05, 4.69) is 24.1 Å². The van der Waals surface area contributed by atoms with Crippen LogP contribution in [0.15, 0.2) is 12.4 Å². The molecular formula is C19H31N5O3. The number of piperidine rings is 1. The summed E-state index contributed by atoms with van der Waals surface area (Å²) >= 11 is 0. The van der Waals surface area contributed by atoms with Crippen molar-refractivity contribution in [3.63, 3.8) is 0 Å². The lowest BCUT2D eigenvalue weighted by molar-refractivity contribution is -0.124. The Bertz CT molecular complexity index is 646. The first-order chi connectivity index (χ1) is 13.0. The first kappa shape index (κ1) is 19.7. The summed E-state index contributed by atoms with van der Waals surface area (Å²) in [5, 5.41) is 3.15. The van der Waals surface area contributed by atoms with Crippen LogP contribution in [0.5, 0.6) is 0 Å². The van der Waals surface area contributed by atoms with Crippen LogP contribution >= 0.6 is 0 Å². The van der Waals surface area contributed by atoms with Crippen LogP contribution in [0, 0.1) is 0 Å². The zero-order valence-electron chi connectivity index (χ0n) is 16.6. The quantitative estimate of drug-likeness (QED) is 0.864. The van der Waals surface area contributed by atoms with E-state index in [1.165, 1.54) is 0 Å². The van der Waals surface area contributed by atoms with Gasteiger partial charge < -0.3 is 24.4 Å². The fourth-order valence-corrected chi connectivity index (χ4v) is 3.72. The van der Waals surface area contributed by atoms with Crippen molar-refractivity contribution < 1.29 is 14.3 Å². The summed E-state index contributed by atoms with van der Waals surface area (Å²) in [7, 11) is 0. The van der Waals surface area contributed by atoms with Crippen LogP contribution in [-0.4, -0.2) is 76.7 Å². The molecule has 1 N–H and O–H groups in total. The van der Waals surface area contributed by atoms with E-state index in [1.54, 1.807) is 6.20 Å². The number of hydrogen-bond acceptors (Lipinski definition) is 4. The zero-order valence-corrected chi connectivity index (χ0v) is 16.6. The molecule has 2 saturated heterocycles. The number of morpholine rings is 1. The lowest BCUT2D eigenvalue weighted by Gasteiger charge is -2.37. The minimum Gasteiger partial charge on any atom is -0.378 e. The molecule has 1 unspecified atom stereocenters. The van der Waals surface area contributed by atoms with Gasteiger partial charge in [-0.2, -0.15) is 0 Å². The highest BCUT2D eigenvalue weighted by molar-refractivity contribution is 5.80. The van der Waals surface area contributed by atoms with E-state index < -0.39 is 0 Å². The second-order valence-corrected chi connectivity index (χ2v) is 7.68. The summed E-state index contributed by atoms with van der Waals surface area (Å²) in [6.45, 7) is 9.96. The van der Waals surface area contributed by atoms with Crippen LogP contribution in [0.3, 0.4) is 0 Å². The van der Waals surface area contributed by atoms with Crippen LogP contribution < -0.4 is 5.32 Å². The minimum atomic E-state index is -0.294. The molecular weight excluding hydrogens is 346 g/mol. The van der Waals surface area contributed by atoms with Crippen molar-refractivity contribution in [3.05, 3.63) is 18.2 Å². The van der Waals surface area contributed by atoms with Crippen molar-refractivity contribution in [3.8, 4) is 0 Å². The van der Waals surface area contributed by atoms with Gasteiger partial charge in [-0.15, -0.1) is 0 Å². The van der Waals surface area contributed by atoms with Crippen LogP contribution in [-0.2, 0) is 9.53 Å². The zero-order chi connectivity index (χ0) is 19.4. The number of amides is 3. The molecule has 1 aromatic heterocycles. The smallest absolute Gasteiger partial charge is 0.320 e. The molecule has 1 atom stereocenters. The highest BCUT2D eigenvalue weighted by atomic mass is 16.5. The highest BCUT2D eigenvalue weighted by Crippen LogP contribution is 2.19. The van der Waals surface area contributed by atoms with Gasteiger partial charge in [0.05, 0.1) is 13.2 Å². The van der Waals surface area contributed by atoms with Crippen molar-refractivity contribution in [2.24, 2.45) is 0 Å². The summed E-state index contributed by atoms with van der Waals surface area (Å²) in [5.74, 6) is 1.20. The molecule has 8 heteroatoms. The average Bonchev–Trinajstić information content (AvgIpc) is 3.18. The number of aromatic nitrogens is 2. The van der Waals surface area contributed by atoms with Crippen molar-refractivity contribution in [2.45, 2.75) is 51.6 Å². The Morgan fingerprint density at radius 3 is 2.37 bits per heavy atom. The highest BCUT2D eigenvalue weighted by Gasteiger charge is 2.29. The molecule has 3 amide bonds. The molecule has 2 fully saturated rings. The molecule has 2 aliphatic heterocycles. The maximum atomic E-state index is 12.7. The largest absolute Gasteiger partial charge is 0.378 e. The van der Waals surface area contributed by atoms with Gasteiger partial charge in [0.15, 0.2) is 0 Å². The molecule has 1 aromatic rings. The Labute approximate surface area is 160 Å². The van der Waals surface area contributed by atoms with Crippen LogP contribution in [0.2, 0.25) is 0 Å². The molecule has 0 saturated carbocycles. The van der Waals surface area contributed by atoms with Gasteiger partial charge in [0.25, 0.3) is 0 Å². The Balaban J connectivity index is 1.49. The fourth-order valence-electron chi connectivity index (χ4n) is 3.72. The number of carbonyl (C=O) groups is 2. The second-order valence-electron chi connectivity index (χ2n) is 7.68. The second kappa shape index (κ2) is 8.73. The SMILES string of the molecule is CC(C)c1nccn1C(C)C(=O)NC1CCN(C(=O)N2CCOCC2)CC1. The van der Waals surface area contributed by atoms with Gasteiger partial charge in [-0.3, -0.25) is 4.79 Å². The molecule has 27 heavy (non-hydrogen) atoms. The number of nitrogens with zero attached hydrogens (tertiary/aromatic N) is 4. The number of hydrogen-bond donors (Lipinski definition) is 1. The predicted octanol–water partition coefficient (Wildman–Crippen LogP) is 1.60. The van der Waals surface area contributed by atoms with E-state index in [0.29, 0.717) is 39.4 Å². The molecule has 0 bridgehead atoms. The Kier molecular flexibility index (Phi) is 6.36. The monoisotopic (exact) mass is 377 g/mol. The van der Waals surface area contributed by atoms with E-state index in [1.807, 2.05) is 27.5 Å². The van der Waals surface area contributed by atoms with E-state index in [9.17, 15) is 9.59 Å². The Morgan fingerprint density at radius 2 is 1.74 bits per heavy atom. The molecule has 0 spiro atoms. The minimum absolute atomic E-state index is 0.00727. The van der Waals surface area contributed by atoms with Crippen LogP contribution in [0.4, 0.5) is 4.79 Å². The number of imidazole rings is 1.